The van der Waals surface area contributed by atoms with Gasteiger partial charge in [-0.1, -0.05) is 12.1 Å². The minimum atomic E-state index is -0.468. The molecule has 1 aromatic rings. The van der Waals surface area contributed by atoms with E-state index in [0.29, 0.717) is 0 Å². The molecule has 0 radical (unpaired) electrons. The Morgan fingerprint density at radius 1 is 1.29 bits per heavy atom. The zero-order valence-corrected chi connectivity index (χ0v) is 12.6. The summed E-state index contributed by atoms with van der Waals surface area (Å²) in [6.45, 7) is 4.08. The van der Waals surface area contributed by atoms with Gasteiger partial charge in [0.2, 0.25) is 0 Å². The lowest BCUT2D eigenvalue weighted by molar-refractivity contribution is -0.155. The standard InChI is InChI=1S/C17H24O4/c1-13(18)14-3-2-4-15(11-14)21-16-5-8-20-17(12-16)6-9-19-10-7-17/h2-4,11,13,16,18H,5-10,12H2,1H3. The Morgan fingerprint density at radius 3 is 2.86 bits per heavy atom. The molecule has 1 N–H and O–H groups in total. The molecule has 2 unspecified atom stereocenters. The van der Waals surface area contributed by atoms with E-state index in [4.69, 9.17) is 14.2 Å². The monoisotopic (exact) mass is 292 g/mol. The van der Waals surface area contributed by atoms with Gasteiger partial charge in [-0.05, 0) is 37.5 Å². The van der Waals surface area contributed by atoms with Gasteiger partial charge in [-0.25, -0.2) is 0 Å². The molecule has 2 aliphatic rings. The first kappa shape index (κ1) is 14.8. The third-order valence-corrected chi connectivity index (χ3v) is 4.50. The van der Waals surface area contributed by atoms with E-state index in [2.05, 4.69) is 0 Å². The van der Waals surface area contributed by atoms with Crippen LogP contribution < -0.4 is 4.74 Å². The molecule has 0 amide bonds. The van der Waals surface area contributed by atoms with Crippen molar-refractivity contribution in [2.75, 3.05) is 19.8 Å². The number of rotatable bonds is 3. The van der Waals surface area contributed by atoms with Crippen LogP contribution in [0.25, 0.3) is 0 Å². The summed E-state index contributed by atoms with van der Waals surface area (Å²) in [6, 6.07) is 7.73. The third-order valence-electron chi connectivity index (χ3n) is 4.50. The first-order chi connectivity index (χ1) is 10.2. The van der Waals surface area contributed by atoms with Crippen molar-refractivity contribution in [1.82, 2.24) is 0 Å². The number of ether oxygens (including phenoxy) is 3. The zero-order chi connectivity index (χ0) is 14.7. The number of aliphatic hydroxyl groups excluding tert-OH is 1. The van der Waals surface area contributed by atoms with Gasteiger partial charge in [-0.15, -0.1) is 0 Å². The Labute approximate surface area is 126 Å². The van der Waals surface area contributed by atoms with Gasteiger partial charge < -0.3 is 19.3 Å². The molecule has 0 aromatic heterocycles. The van der Waals surface area contributed by atoms with Crippen molar-refractivity contribution in [2.45, 2.75) is 50.4 Å². The number of benzene rings is 1. The lowest BCUT2D eigenvalue weighted by atomic mass is 9.85. The Balaban J connectivity index is 1.65. The molecule has 2 atom stereocenters. The van der Waals surface area contributed by atoms with Crippen LogP contribution in [-0.4, -0.2) is 36.6 Å². The summed E-state index contributed by atoms with van der Waals surface area (Å²) in [6.07, 6.45) is 3.48. The highest BCUT2D eigenvalue weighted by Crippen LogP contribution is 2.36. The predicted molar refractivity (Wildman–Crippen MR) is 79.5 cm³/mol. The number of hydrogen-bond acceptors (Lipinski definition) is 4. The summed E-state index contributed by atoms with van der Waals surface area (Å²) >= 11 is 0. The topological polar surface area (TPSA) is 47.9 Å². The molecule has 0 aliphatic carbocycles. The van der Waals surface area contributed by atoms with Crippen LogP contribution in [0, 0.1) is 0 Å². The molecule has 3 rings (SSSR count). The number of aliphatic hydroxyl groups is 1. The summed E-state index contributed by atoms with van der Waals surface area (Å²) < 4.78 is 17.6. The van der Waals surface area contributed by atoms with E-state index in [1.807, 2.05) is 24.3 Å². The van der Waals surface area contributed by atoms with Crippen molar-refractivity contribution in [1.29, 1.82) is 0 Å². The Bertz CT molecular complexity index is 460. The molecule has 21 heavy (non-hydrogen) atoms. The molecule has 1 spiro atoms. The normalized spacial score (nSPS) is 26.5. The molecule has 4 heteroatoms. The van der Waals surface area contributed by atoms with Gasteiger partial charge in [0.25, 0.3) is 0 Å². The van der Waals surface area contributed by atoms with E-state index in [1.54, 1.807) is 6.92 Å². The third kappa shape index (κ3) is 3.57. The quantitative estimate of drug-likeness (QED) is 0.930. The van der Waals surface area contributed by atoms with Crippen LogP contribution in [0.3, 0.4) is 0 Å². The van der Waals surface area contributed by atoms with Gasteiger partial charge >= 0.3 is 0 Å². The largest absolute Gasteiger partial charge is 0.490 e. The molecule has 2 aliphatic heterocycles. The van der Waals surface area contributed by atoms with Gasteiger partial charge in [0.15, 0.2) is 0 Å². The second-order valence-corrected chi connectivity index (χ2v) is 6.12. The maximum absolute atomic E-state index is 9.66. The van der Waals surface area contributed by atoms with Crippen LogP contribution in [0.1, 0.15) is 44.3 Å². The van der Waals surface area contributed by atoms with E-state index >= 15 is 0 Å². The Hall–Kier alpha value is -1.10. The molecule has 4 nitrogen and oxygen atoms in total. The maximum Gasteiger partial charge on any atom is 0.120 e. The first-order valence-electron chi connectivity index (χ1n) is 7.83. The van der Waals surface area contributed by atoms with Crippen molar-refractivity contribution in [3.8, 4) is 5.75 Å². The SMILES string of the molecule is CC(O)c1cccc(OC2CCOC3(CCOCC3)C2)c1. The van der Waals surface area contributed by atoms with Crippen molar-refractivity contribution in [3.63, 3.8) is 0 Å². The number of hydrogen-bond donors (Lipinski definition) is 1. The lowest BCUT2D eigenvalue weighted by Crippen LogP contribution is -2.47. The van der Waals surface area contributed by atoms with E-state index in [9.17, 15) is 5.11 Å². The molecule has 0 bridgehead atoms. The van der Waals surface area contributed by atoms with E-state index in [-0.39, 0.29) is 11.7 Å². The van der Waals surface area contributed by atoms with E-state index < -0.39 is 6.10 Å². The summed E-state index contributed by atoms with van der Waals surface area (Å²) in [5.74, 6) is 0.836. The van der Waals surface area contributed by atoms with E-state index in [1.165, 1.54) is 0 Å². The highest BCUT2D eigenvalue weighted by atomic mass is 16.5. The summed E-state index contributed by atoms with van der Waals surface area (Å²) in [5, 5.41) is 9.66. The van der Waals surface area contributed by atoms with Gasteiger partial charge in [-0.2, -0.15) is 0 Å². The highest BCUT2D eigenvalue weighted by molar-refractivity contribution is 5.29. The fourth-order valence-electron chi connectivity index (χ4n) is 3.22. The fraction of sp³-hybridized carbons (Fsp3) is 0.647. The molecular formula is C17H24O4. The van der Waals surface area contributed by atoms with Gasteiger partial charge in [0.1, 0.15) is 11.9 Å². The van der Waals surface area contributed by atoms with Crippen molar-refractivity contribution in [3.05, 3.63) is 29.8 Å². The fourth-order valence-corrected chi connectivity index (χ4v) is 3.22. The summed E-state index contributed by atoms with van der Waals surface area (Å²) in [5.41, 5.74) is 0.837. The van der Waals surface area contributed by atoms with Crippen LogP contribution in [0.4, 0.5) is 0 Å². The Kier molecular flexibility index (Phi) is 4.48. The average molecular weight is 292 g/mol. The van der Waals surface area contributed by atoms with Gasteiger partial charge in [0, 0.05) is 26.1 Å². The first-order valence-corrected chi connectivity index (χ1v) is 7.83. The van der Waals surface area contributed by atoms with Crippen LogP contribution in [0.2, 0.25) is 0 Å². The average Bonchev–Trinajstić information content (AvgIpc) is 2.48. The molecule has 0 saturated carbocycles. The minimum absolute atomic E-state index is 0.0525. The van der Waals surface area contributed by atoms with Gasteiger partial charge in [-0.3, -0.25) is 0 Å². The van der Waals surface area contributed by atoms with Crippen molar-refractivity contribution < 1.29 is 19.3 Å². The van der Waals surface area contributed by atoms with Crippen molar-refractivity contribution >= 4 is 0 Å². The van der Waals surface area contributed by atoms with Crippen LogP contribution >= 0.6 is 0 Å². The summed E-state index contributed by atoms with van der Waals surface area (Å²) in [7, 11) is 0. The van der Waals surface area contributed by atoms with Crippen molar-refractivity contribution in [2.24, 2.45) is 0 Å². The second-order valence-electron chi connectivity index (χ2n) is 6.12. The summed E-state index contributed by atoms with van der Waals surface area (Å²) in [4.78, 5) is 0. The molecule has 116 valence electrons. The second kappa shape index (κ2) is 6.34. The van der Waals surface area contributed by atoms with Crippen LogP contribution in [0.5, 0.6) is 5.75 Å². The molecule has 2 heterocycles. The molecular weight excluding hydrogens is 268 g/mol. The highest BCUT2D eigenvalue weighted by Gasteiger charge is 2.39. The minimum Gasteiger partial charge on any atom is -0.490 e. The molecule has 1 aromatic carbocycles. The van der Waals surface area contributed by atoms with Gasteiger partial charge in [0.05, 0.1) is 18.3 Å². The van der Waals surface area contributed by atoms with E-state index in [0.717, 1.165) is 56.8 Å². The van der Waals surface area contributed by atoms with Crippen LogP contribution in [-0.2, 0) is 9.47 Å². The Morgan fingerprint density at radius 2 is 2.10 bits per heavy atom. The molecule has 2 fully saturated rings. The molecule has 2 saturated heterocycles. The maximum atomic E-state index is 9.66. The van der Waals surface area contributed by atoms with Crippen LogP contribution in [0.15, 0.2) is 24.3 Å². The predicted octanol–water partition coefficient (Wildman–Crippen LogP) is 2.85. The zero-order valence-electron chi connectivity index (χ0n) is 12.6. The lowest BCUT2D eigenvalue weighted by Gasteiger charge is -2.43. The smallest absolute Gasteiger partial charge is 0.120 e.